The summed E-state index contributed by atoms with van der Waals surface area (Å²) in [6, 6.07) is 6.13. The van der Waals surface area contributed by atoms with Crippen molar-refractivity contribution in [2.24, 2.45) is 0 Å². The highest BCUT2D eigenvalue weighted by atomic mass is 35.5. The summed E-state index contributed by atoms with van der Waals surface area (Å²) in [5.74, 6) is 0.164. The third-order valence-corrected chi connectivity index (χ3v) is 4.31. The van der Waals surface area contributed by atoms with Crippen molar-refractivity contribution >= 4 is 29.1 Å². The molecule has 8 heteroatoms. The average Bonchev–Trinajstić information content (AvgIpc) is 2.69. The first-order valence-corrected chi connectivity index (χ1v) is 8.81. The molecule has 0 aliphatic carbocycles. The van der Waals surface area contributed by atoms with E-state index in [1.54, 1.807) is 17.0 Å². The number of methoxy groups -OCH3 is 2. The number of nitrogens with one attached hydrogen (secondary N) is 1. The maximum atomic E-state index is 12.7. The Morgan fingerprint density at radius 2 is 1.78 bits per heavy atom. The highest BCUT2D eigenvalue weighted by Crippen LogP contribution is 2.36. The fourth-order valence-electron chi connectivity index (χ4n) is 2.51. The lowest BCUT2D eigenvalue weighted by Crippen LogP contribution is -2.31. The lowest BCUT2D eigenvalue weighted by molar-refractivity contribution is 0.0767. The minimum absolute atomic E-state index is 0.215. The number of carbonyl (C=O) groups is 2. The maximum absolute atomic E-state index is 12.7. The monoisotopic (exact) mass is 391 g/mol. The summed E-state index contributed by atoms with van der Waals surface area (Å²) in [5.41, 5.74) is 0.917. The lowest BCUT2D eigenvalue weighted by Gasteiger charge is -2.18. The van der Waals surface area contributed by atoms with Crippen molar-refractivity contribution in [1.29, 1.82) is 0 Å². The van der Waals surface area contributed by atoms with Crippen molar-refractivity contribution in [3.63, 3.8) is 0 Å². The standard InChI is InChI=1S/C19H22ClN3O4/c1-5-23(6-2)19(25)15-9-12(7-8-21-15)18(24)22-14-11-16(26-3)13(20)10-17(14)27-4/h7-11H,5-6H2,1-4H3,(H,22,24). The van der Waals surface area contributed by atoms with Gasteiger partial charge in [0.1, 0.15) is 17.2 Å². The van der Waals surface area contributed by atoms with Gasteiger partial charge in [-0.1, -0.05) is 11.6 Å². The van der Waals surface area contributed by atoms with Crippen molar-refractivity contribution in [3.05, 3.63) is 46.7 Å². The average molecular weight is 392 g/mol. The van der Waals surface area contributed by atoms with Gasteiger partial charge < -0.3 is 19.7 Å². The van der Waals surface area contributed by atoms with Crippen LogP contribution in [-0.2, 0) is 0 Å². The van der Waals surface area contributed by atoms with Crippen molar-refractivity contribution in [2.45, 2.75) is 13.8 Å². The van der Waals surface area contributed by atoms with E-state index in [1.807, 2.05) is 13.8 Å². The number of hydrogen-bond acceptors (Lipinski definition) is 5. The van der Waals surface area contributed by atoms with Crippen LogP contribution in [0.25, 0.3) is 0 Å². The van der Waals surface area contributed by atoms with E-state index < -0.39 is 5.91 Å². The number of ether oxygens (including phenoxy) is 2. The van der Waals surface area contributed by atoms with Gasteiger partial charge in [-0.15, -0.1) is 0 Å². The van der Waals surface area contributed by atoms with Gasteiger partial charge in [0.2, 0.25) is 0 Å². The second-order valence-corrected chi connectivity index (χ2v) is 5.96. The fraction of sp³-hybridized carbons (Fsp3) is 0.316. The van der Waals surface area contributed by atoms with Crippen molar-refractivity contribution < 1.29 is 19.1 Å². The first-order chi connectivity index (χ1) is 12.9. The van der Waals surface area contributed by atoms with Gasteiger partial charge in [-0.05, 0) is 26.0 Å². The van der Waals surface area contributed by atoms with Crippen LogP contribution >= 0.6 is 11.6 Å². The third kappa shape index (κ3) is 4.68. The minimum Gasteiger partial charge on any atom is -0.495 e. The number of carbonyl (C=O) groups excluding carboxylic acids is 2. The van der Waals surface area contributed by atoms with Gasteiger partial charge in [0.15, 0.2) is 0 Å². The topological polar surface area (TPSA) is 80.8 Å². The second-order valence-electron chi connectivity index (χ2n) is 5.55. The van der Waals surface area contributed by atoms with Gasteiger partial charge in [-0.2, -0.15) is 0 Å². The van der Waals surface area contributed by atoms with Gasteiger partial charge >= 0.3 is 0 Å². The molecule has 0 bridgehead atoms. The predicted molar refractivity (Wildman–Crippen MR) is 104 cm³/mol. The van der Waals surface area contributed by atoms with Crippen molar-refractivity contribution in [1.82, 2.24) is 9.88 Å². The molecule has 1 aromatic carbocycles. The number of anilines is 1. The zero-order valence-corrected chi connectivity index (χ0v) is 16.5. The van der Waals surface area contributed by atoms with E-state index in [0.717, 1.165) is 0 Å². The molecule has 0 unspecified atom stereocenters. The molecule has 1 N–H and O–H groups in total. The van der Waals surface area contributed by atoms with E-state index in [9.17, 15) is 9.59 Å². The third-order valence-electron chi connectivity index (χ3n) is 4.01. The molecule has 27 heavy (non-hydrogen) atoms. The number of rotatable bonds is 7. The molecule has 2 aromatic rings. The Labute approximate surface area is 163 Å². The SMILES string of the molecule is CCN(CC)C(=O)c1cc(C(=O)Nc2cc(OC)c(Cl)cc2OC)ccn1. The largest absolute Gasteiger partial charge is 0.495 e. The molecule has 0 saturated carbocycles. The Kier molecular flexibility index (Phi) is 7.01. The summed E-state index contributed by atoms with van der Waals surface area (Å²) in [6.45, 7) is 4.90. The van der Waals surface area contributed by atoms with Crippen LogP contribution in [0.1, 0.15) is 34.7 Å². The van der Waals surface area contributed by atoms with Crippen LogP contribution in [-0.4, -0.2) is 49.0 Å². The van der Waals surface area contributed by atoms with E-state index in [4.69, 9.17) is 21.1 Å². The molecule has 1 heterocycles. The first kappa shape index (κ1) is 20.5. The Balaban J connectivity index is 2.29. The highest BCUT2D eigenvalue weighted by molar-refractivity contribution is 6.32. The van der Waals surface area contributed by atoms with Gasteiger partial charge in [0.05, 0.1) is 24.9 Å². The Morgan fingerprint density at radius 1 is 1.11 bits per heavy atom. The molecule has 144 valence electrons. The molecule has 0 radical (unpaired) electrons. The molecule has 0 fully saturated rings. The normalized spacial score (nSPS) is 10.3. The number of halogens is 1. The Bertz CT molecular complexity index is 838. The van der Waals surface area contributed by atoms with Crippen molar-refractivity contribution in [3.8, 4) is 11.5 Å². The molecular formula is C19H22ClN3O4. The number of nitrogens with zero attached hydrogens (tertiary/aromatic N) is 2. The van der Waals surface area contributed by atoms with E-state index in [1.165, 1.54) is 32.5 Å². The Morgan fingerprint density at radius 3 is 2.37 bits per heavy atom. The van der Waals surface area contributed by atoms with E-state index in [-0.39, 0.29) is 11.6 Å². The highest BCUT2D eigenvalue weighted by Gasteiger charge is 2.18. The molecule has 2 rings (SSSR count). The first-order valence-electron chi connectivity index (χ1n) is 8.43. The maximum Gasteiger partial charge on any atom is 0.272 e. The Hall–Kier alpha value is -2.80. The summed E-state index contributed by atoms with van der Waals surface area (Å²) in [6.07, 6.45) is 1.44. The zero-order valence-electron chi connectivity index (χ0n) is 15.7. The fourth-order valence-corrected chi connectivity index (χ4v) is 2.74. The van der Waals surface area contributed by atoms with Gasteiger partial charge in [0.25, 0.3) is 11.8 Å². The number of aromatic nitrogens is 1. The van der Waals surface area contributed by atoms with Crippen LogP contribution in [0.4, 0.5) is 5.69 Å². The number of benzene rings is 1. The van der Waals surface area contributed by atoms with Crippen molar-refractivity contribution in [2.75, 3.05) is 32.6 Å². The second kappa shape index (κ2) is 9.23. The molecular weight excluding hydrogens is 370 g/mol. The summed E-state index contributed by atoms with van der Waals surface area (Å²) < 4.78 is 10.4. The van der Waals surface area contributed by atoms with E-state index in [2.05, 4.69) is 10.3 Å². The molecule has 0 aliphatic rings. The summed E-state index contributed by atoms with van der Waals surface area (Å²) in [7, 11) is 2.95. The van der Waals surface area contributed by atoms with E-state index in [0.29, 0.717) is 40.9 Å². The number of amides is 2. The zero-order chi connectivity index (χ0) is 20.0. The van der Waals surface area contributed by atoms with Crippen LogP contribution in [0, 0.1) is 0 Å². The summed E-state index contributed by atoms with van der Waals surface area (Å²) in [5, 5.41) is 3.11. The molecule has 0 spiro atoms. The van der Waals surface area contributed by atoms with Crippen LogP contribution in [0.2, 0.25) is 5.02 Å². The van der Waals surface area contributed by atoms with Crippen LogP contribution < -0.4 is 14.8 Å². The minimum atomic E-state index is -0.409. The summed E-state index contributed by atoms with van der Waals surface area (Å²) in [4.78, 5) is 30.8. The molecule has 0 atom stereocenters. The van der Waals surface area contributed by atoms with Gasteiger partial charge in [-0.25, -0.2) is 0 Å². The van der Waals surface area contributed by atoms with Crippen LogP contribution in [0.5, 0.6) is 11.5 Å². The molecule has 0 saturated heterocycles. The van der Waals surface area contributed by atoms with Crippen LogP contribution in [0.3, 0.4) is 0 Å². The van der Waals surface area contributed by atoms with Crippen LogP contribution in [0.15, 0.2) is 30.5 Å². The number of hydrogen-bond donors (Lipinski definition) is 1. The number of pyridine rings is 1. The van der Waals surface area contributed by atoms with E-state index >= 15 is 0 Å². The predicted octanol–water partition coefficient (Wildman–Crippen LogP) is 3.49. The quantitative estimate of drug-likeness (QED) is 0.781. The molecule has 0 aliphatic heterocycles. The molecule has 1 aromatic heterocycles. The van der Waals surface area contributed by atoms with Gasteiger partial charge in [0, 0.05) is 37.0 Å². The van der Waals surface area contributed by atoms with Gasteiger partial charge in [-0.3, -0.25) is 14.6 Å². The lowest BCUT2D eigenvalue weighted by atomic mass is 10.2. The molecule has 2 amide bonds. The smallest absolute Gasteiger partial charge is 0.272 e. The summed E-state index contributed by atoms with van der Waals surface area (Å²) >= 11 is 6.08. The molecule has 7 nitrogen and oxygen atoms in total.